The van der Waals surface area contributed by atoms with Gasteiger partial charge in [-0.3, -0.25) is 4.79 Å². The van der Waals surface area contributed by atoms with E-state index in [0.29, 0.717) is 13.0 Å². The van der Waals surface area contributed by atoms with Gasteiger partial charge < -0.3 is 15.7 Å². The topological polar surface area (TPSA) is 78.4 Å². The maximum absolute atomic E-state index is 11.5. The van der Waals surface area contributed by atoms with Crippen molar-refractivity contribution in [1.29, 1.82) is 0 Å². The van der Waals surface area contributed by atoms with Crippen LogP contribution in [0.15, 0.2) is 0 Å². The lowest BCUT2D eigenvalue weighted by Crippen LogP contribution is -2.40. The van der Waals surface area contributed by atoms with E-state index in [0.717, 1.165) is 6.42 Å². The van der Waals surface area contributed by atoms with Crippen molar-refractivity contribution in [2.24, 2.45) is 11.3 Å². The Morgan fingerprint density at radius 1 is 1.47 bits per heavy atom. The molecule has 1 rings (SSSR count). The second kappa shape index (κ2) is 5.38. The van der Waals surface area contributed by atoms with Gasteiger partial charge in [0, 0.05) is 19.0 Å². The van der Waals surface area contributed by atoms with Gasteiger partial charge in [-0.25, -0.2) is 4.79 Å². The van der Waals surface area contributed by atoms with E-state index in [2.05, 4.69) is 24.5 Å². The fourth-order valence-electron chi connectivity index (χ4n) is 1.66. The molecule has 0 saturated heterocycles. The van der Waals surface area contributed by atoms with Crippen molar-refractivity contribution < 1.29 is 14.7 Å². The summed E-state index contributed by atoms with van der Waals surface area (Å²) >= 11 is 0. The van der Waals surface area contributed by atoms with Crippen molar-refractivity contribution >= 4 is 12.0 Å². The van der Waals surface area contributed by atoms with Crippen LogP contribution in [0.5, 0.6) is 0 Å². The van der Waals surface area contributed by atoms with Gasteiger partial charge >= 0.3 is 12.0 Å². The molecule has 0 heterocycles. The lowest BCUT2D eigenvalue weighted by atomic mass is 10.1. The second-order valence-electron chi connectivity index (χ2n) is 5.64. The minimum atomic E-state index is -0.791. The first kappa shape index (κ1) is 13.8. The number of rotatable bonds is 6. The lowest BCUT2D eigenvalue weighted by Gasteiger charge is -2.13. The van der Waals surface area contributed by atoms with Gasteiger partial charge in [-0.1, -0.05) is 20.8 Å². The zero-order chi connectivity index (χ0) is 13.1. The number of carboxylic acids is 1. The number of carbonyl (C=O) groups excluding carboxylic acids is 1. The van der Waals surface area contributed by atoms with Crippen molar-refractivity contribution in [3.63, 3.8) is 0 Å². The monoisotopic (exact) mass is 242 g/mol. The average molecular weight is 242 g/mol. The molecule has 5 nitrogen and oxygen atoms in total. The summed E-state index contributed by atoms with van der Waals surface area (Å²) in [4.78, 5) is 21.9. The molecule has 2 amide bonds. The van der Waals surface area contributed by atoms with Crippen LogP contribution in [0.2, 0.25) is 0 Å². The predicted octanol–water partition coefficient (Wildman–Crippen LogP) is 1.58. The third-order valence-corrected chi connectivity index (χ3v) is 3.28. The molecule has 0 bridgehead atoms. The smallest absolute Gasteiger partial charge is 0.315 e. The van der Waals surface area contributed by atoms with E-state index in [4.69, 9.17) is 5.11 Å². The van der Waals surface area contributed by atoms with E-state index in [9.17, 15) is 9.59 Å². The summed E-state index contributed by atoms with van der Waals surface area (Å²) in [5.41, 5.74) is 0.228. The number of carboxylic acid groups (broad SMARTS) is 1. The number of hydrogen-bond acceptors (Lipinski definition) is 2. The highest BCUT2D eigenvalue weighted by Crippen LogP contribution is 2.44. The van der Waals surface area contributed by atoms with Crippen molar-refractivity contribution in [2.45, 2.75) is 46.1 Å². The van der Waals surface area contributed by atoms with E-state index in [1.807, 2.05) is 6.92 Å². The maximum atomic E-state index is 11.5. The predicted molar refractivity (Wildman–Crippen MR) is 64.8 cm³/mol. The molecule has 98 valence electrons. The molecular formula is C12H22N2O3. The van der Waals surface area contributed by atoms with E-state index in [-0.39, 0.29) is 29.8 Å². The lowest BCUT2D eigenvalue weighted by molar-refractivity contribution is -0.137. The number of amides is 2. The molecule has 0 aromatic heterocycles. The normalized spacial score (nSPS) is 22.6. The molecule has 0 aliphatic heterocycles. The van der Waals surface area contributed by atoms with Crippen LogP contribution in [0.1, 0.15) is 40.0 Å². The fourth-order valence-corrected chi connectivity index (χ4v) is 1.66. The first-order chi connectivity index (χ1) is 7.81. The molecule has 2 unspecified atom stereocenters. The Balaban J connectivity index is 2.09. The maximum Gasteiger partial charge on any atom is 0.315 e. The highest BCUT2D eigenvalue weighted by Gasteiger charge is 2.46. The van der Waals surface area contributed by atoms with E-state index in [1.165, 1.54) is 0 Å². The van der Waals surface area contributed by atoms with Gasteiger partial charge in [-0.2, -0.15) is 0 Å². The Bertz CT molecular complexity index is 302. The van der Waals surface area contributed by atoms with Crippen LogP contribution in [0.25, 0.3) is 0 Å². The van der Waals surface area contributed by atoms with Crippen LogP contribution in [0.3, 0.4) is 0 Å². The van der Waals surface area contributed by atoms with Crippen LogP contribution in [0.4, 0.5) is 4.79 Å². The Hall–Kier alpha value is -1.26. The van der Waals surface area contributed by atoms with Crippen LogP contribution >= 0.6 is 0 Å². The van der Waals surface area contributed by atoms with Crippen LogP contribution in [-0.2, 0) is 4.79 Å². The molecule has 2 atom stereocenters. The van der Waals surface area contributed by atoms with E-state index < -0.39 is 5.97 Å². The molecule has 0 radical (unpaired) electrons. The molecule has 0 aromatic carbocycles. The Morgan fingerprint density at radius 3 is 2.53 bits per heavy atom. The molecule has 3 N–H and O–H groups in total. The molecule has 0 aromatic rings. The molecule has 5 heteroatoms. The van der Waals surface area contributed by atoms with Crippen LogP contribution in [-0.4, -0.2) is 29.7 Å². The standard InChI is InChI=1S/C12H22N2O3/c1-8(4-5-10(15)16)7-13-11(17)14-9-6-12(9,2)3/h8-9H,4-7H2,1-3H3,(H,15,16)(H2,13,14,17). The van der Waals surface area contributed by atoms with Gasteiger partial charge in [0.25, 0.3) is 0 Å². The van der Waals surface area contributed by atoms with Gasteiger partial charge in [-0.15, -0.1) is 0 Å². The highest BCUT2D eigenvalue weighted by molar-refractivity contribution is 5.74. The van der Waals surface area contributed by atoms with Crippen molar-refractivity contribution in [1.82, 2.24) is 10.6 Å². The summed E-state index contributed by atoms with van der Waals surface area (Å²) in [7, 11) is 0. The molecule has 1 fully saturated rings. The number of nitrogens with one attached hydrogen (secondary N) is 2. The summed E-state index contributed by atoms with van der Waals surface area (Å²) in [6.07, 6.45) is 1.76. The molecule has 17 heavy (non-hydrogen) atoms. The third kappa shape index (κ3) is 5.06. The number of hydrogen-bond donors (Lipinski definition) is 3. The van der Waals surface area contributed by atoms with Crippen molar-refractivity contribution in [2.75, 3.05) is 6.54 Å². The largest absolute Gasteiger partial charge is 0.481 e. The summed E-state index contributed by atoms with van der Waals surface area (Å²) in [6.45, 7) is 6.69. The van der Waals surface area contributed by atoms with Gasteiger partial charge in [0.15, 0.2) is 0 Å². The molecule has 1 aliphatic carbocycles. The van der Waals surface area contributed by atoms with Crippen LogP contribution in [0, 0.1) is 11.3 Å². The third-order valence-electron chi connectivity index (χ3n) is 3.28. The van der Waals surface area contributed by atoms with E-state index >= 15 is 0 Å². The zero-order valence-corrected chi connectivity index (χ0v) is 10.7. The fraction of sp³-hybridized carbons (Fsp3) is 0.833. The van der Waals surface area contributed by atoms with Crippen molar-refractivity contribution in [3.05, 3.63) is 0 Å². The summed E-state index contributed by atoms with van der Waals surface area (Å²) in [5.74, 6) is -0.606. The van der Waals surface area contributed by atoms with Crippen LogP contribution < -0.4 is 10.6 Å². The van der Waals surface area contributed by atoms with Gasteiger partial charge in [-0.05, 0) is 24.2 Å². The molecule has 1 saturated carbocycles. The average Bonchev–Trinajstić information content (AvgIpc) is 2.79. The Labute approximate surface area is 102 Å². The number of urea groups is 1. The van der Waals surface area contributed by atoms with Crippen molar-refractivity contribution in [3.8, 4) is 0 Å². The second-order valence-corrected chi connectivity index (χ2v) is 5.64. The summed E-state index contributed by atoms with van der Waals surface area (Å²) in [5, 5.41) is 14.2. The molecule has 0 spiro atoms. The summed E-state index contributed by atoms with van der Waals surface area (Å²) in [6, 6.07) is 0.125. The van der Waals surface area contributed by atoms with E-state index in [1.54, 1.807) is 0 Å². The van der Waals surface area contributed by atoms with Gasteiger partial charge in [0.1, 0.15) is 0 Å². The first-order valence-corrected chi connectivity index (χ1v) is 6.07. The first-order valence-electron chi connectivity index (χ1n) is 6.07. The Morgan fingerprint density at radius 2 is 2.06 bits per heavy atom. The minimum Gasteiger partial charge on any atom is -0.481 e. The quantitative estimate of drug-likeness (QED) is 0.661. The molecule has 1 aliphatic rings. The van der Waals surface area contributed by atoms with Gasteiger partial charge in [0.05, 0.1) is 0 Å². The number of aliphatic carboxylic acids is 1. The SMILES string of the molecule is CC(CCC(=O)O)CNC(=O)NC1CC1(C)C. The number of carbonyl (C=O) groups is 2. The molecular weight excluding hydrogens is 220 g/mol. The zero-order valence-electron chi connectivity index (χ0n) is 10.7. The van der Waals surface area contributed by atoms with Gasteiger partial charge in [0.2, 0.25) is 0 Å². The summed E-state index contributed by atoms with van der Waals surface area (Å²) < 4.78 is 0. The highest BCUT2D eigenvalue weighted by atomic mass is 16.4. The minimum absolute atomic E-state index is 0.150. The Kier molecular flexibility index (Phi) is 4.37.